The van der Waals surface area contributed by atoms with E-state index in [1.165, 1.54) is 0 Å². The Bertz CT molecular complexity index is 1510. The lowest BCUT2D eigenvalue weighted by Gasteiger charge is -2.14. The monoisotopic (exact) mass is 543 g/mol. The molecule has 38 heavy (non-hydrogen) atoms. The molecule has 2 aromatic heterocycles. The van der Waals surface area contributed by atoms with Crippen LogP contribution in [0.3, 0.4) is 0 Å². The normalized spacial score (nSPS) is 13.6. The summed E-state index contributed by atoms with van der Waals surface area (Å²) in [6, 6.07) is 12.2. The molecule has 1 saturated carbocycles. The molecule has 5 rings (SSSR count). The quantitative estimate of drug-likeness (QED) is 0.262. The molecule has 0 saturated heterocycles. The van der Waals surface area contributed by atoms with Gasteiger partial charge in [-0.15, -0.1) is 0 Å². The highest BCUT2D eigenvalue weighted by atomic mass is 35.5. The second-order valence-electron chi connectivity index (χ2n) is 9.35. The van der Waals surface area contributed by atoms with E-state index in [9.17, 15) is 23.1 Å². The van der Waals surface area contributed by atoms with Gasteiger partial charge in [0, 0.05) is 34.3 Å². The third kappa shape index (κ3) is 5.61. The molecule has 2 heterocycles. The fourth-order valence-corrected chi connectivity index (χ4v) is 4.47. The Morgan fingerprint density at radius 2 is 1.97 bits per heavy atom. The molecule has 1 aliphatic carbocycles. The van der Waals surface area contributed by atoms with Crippen molar-refractivity contribution in [3.05, 3.63) is 70.4 Å². The number of alkyl halides is 3. The third-order valence-electron chi connectivity index (χ3n) is 6.38. The molecular weight excluding hydrogens is 519 g/mol. The Morgan fingerprint density at radius 1 is 1.18 bits per heavy atom. The van der Waals surface area contributed by atoms with Gasteiger partial charge in [0.15, 0.2) is 5.65 Å². The predicted molar refractivity (Wildman–Crippen MR) is 139 cm³/mol. The van der Waals surface area contributed by atoms with E-state index in [1.54, 1.807) is 47.1 Å². The number of anilines is 1. The molecule has 0 aliphatic heterocycles. The molecule has 11 heteroatoms. The van der Waals surface area contributed by atoms with Crippen LogP contribution in [-0.2, 0) is 6.61 Å². The van der Waals surface area contributed by atoms with E-state index < -0.39 is 12.6 Å². The number of halogens is 4. The Labute approximate surface area is 221 Å². The Hall–Kier alpha value is -3.63. The van der Waals surface area contributed by atoms with E-state index in [2.05, 4.69) is 15.6 Å². The van der Waals surface area contributed by atoms with Crippen LogP contribution in [0, 0.1) is 6.92 Å². The predicted octanol–water partition coefficient (Wildman–Crippen LogP) is 5.77. The highest BCUT2D eigenvalue weighted by Gasteiger charge is 2.27. The minimum atomic E-state index is -4.31. The number of aliphatic hydroxyl groups is 1. The molecule has 198 valence electrons. The van der Waals surface area contributed by atoms with Crippen molar-refractivity contribution >= 4 is 28.8 Å². The fraction of sp³-hybridized carbons (Fsp3) is 0.296. The second-order valence-corrected chi connectivity index (χ2v) is 9.79. The van der Waals surface area contributed by atoms with E-state index in [0.717, 1.165) is 24.0 Å². The standard InChI is InChI=1S/C27H25ClF3N5O2/c1-15-10-16(2-6-20(15)26(38)34-19-4-5-19)24-13-33-25-23(32-9-8-27(29,30)31)12-22(35-36(24)25)21-7-3-18(28)11-17(21)14-37/h2-3,6-7,10-13,19,32,37H,4-5,8-9,14H2,1H3,(H,34,38). The van der Waals surface area contributed by atoms with Crippen molar-refractivity contribution in [1.82, 2.24) is 19.9 Å². The van der Waals surface area contributed by atoms with Gasteiger partial charge < -0.3 is 15.7 Å². The molecule has 0 atom stereocenters. The van der Waals surface area contributed by atoms with Gasteiger partial charge in [-0.05, 0) is 61.2 Å². The summed E-state index contributed by atoms with van der Waals surface area (Å²) in [7, 11) is 0. The molecule has 2 aromatic carbocycles. The maximum absolute atomic E-state index is 12.8. The number of rotatable bonds is 8. The van der Waals surface area contributed by atoms with Crippen molar-refractivity contribution < 1.29 is 23.1 Å². The molecular formula is C27H25ClF3N5O2. The molecule has 0 unspecified atom stereocenters. The molecule has 7 nitrogen and oxygen atoms in total. The second kappa shape index (κ2) is 10.3. The maximum Gasteiger partial charge on any atom is 0.390 e. The Balaban J connectivity index is 1.58. The zero-order valence-electron chi connectivity index (χ0n) is 20.4. The number of fused-ring (bicyclic) bond motifs is 1. The number of imidazole rings is 1. The van der Waals surface area contributed by atoms with E-state index >= 15 is 0 Å². The van der Waals surface area contributed by atoms with Gasteiger partial charge in [-0.3, -0.25) is 4.79 Å². The zero-order valence-corrected chi connectivity index (χ0v) is 21.2. The van der Waals surface area contributed by atoms with E-state index in [-0.39, 0.29) is 25.1 Å². The first-order valence-corrected chi connectivity index (χ1v) is 12.5. The average Bonchev–Trinajstić information content (AvgIpc) is 3.57. The number of amides is 1. The minimum Gasteiger partial charge on any atom is -0.392 e. The average molecular weight is 544 g/mol. The number of nitrogens with one attached hydrogen (secondary N) is 2. The Kier molecular flexibility index (Phi) is 7.02. The highest BCUT2D eigenvalue weighted by Crippen LogP contribution is 2.32. The summed E-state index contributed by atoms with van der Waals surface area (Å²) in [6.45, 7) is 1.20. The van der Waals surface area contributed by atoms with Crippen LogP contribution in [-0.4, -0.2) is 44.4 Å². The van der Waals surface area contributed by atoms with Crippen LogP contribution in [0.15, 0.2) is 48.7 Å². The first kappa shape index (κ1) is 26.0. The maximum atomic E-state index is 12.8. The minimum absolute atomic E-state index is 0.120. The van der Waals surface area contributed by atoms with Gasteiger partial charge >= 0.3 is 6.18 Å². The molecule has 4 aromatic rings. The van der Waals surface area contributed by atoms with Crippen molar-refractivity contribution in [2.24, 2.45) is 0 Å². The first-order chi connectivity index (χ1) is 18.1. The van der Waals surface area contributed by atoms with Crippen LogP contribution in [0.1, 0.15) is 40.7 Å². The number of carbonyl (C=O) groups is 1. The van der Waals surface area contributed by atoms with Crippen molar-refractivity contribution in [3.8, 4) is 22.5 Å². The summed E-state index contributed by atoms with van der Waals surface area (Å²) in [4.78, 5) is 17.0. The lowest BCUT2D eigenvalue weighted by Crippen LogP contribution is -2.26. The molecule has 0 spiro atoms. The number of aliphatic hydroxyl groups excluding tert-OH is 1. The van der Waals surface area contributed by atoms with Crippen LogP contribution in [0.5, 0.6) is 0 Å². The largest absolute Gasteiger partial charge is 0.392 e. The summed E-state index contributed by atoms with van der Waals surface area (Å²) in [5.41, 5.74) is 4.92. The van der Waals surface area contributed by atoms with Crippen molar-refractivity contribution in [3.63, 3.8) is 0 Å². The summed E-state index contributed by atoms with van der Waals surface area (Å²) >= 11 is 6.10. The van der Waals surface area contributed by atoms with Gasteiger partial charge in [-0.2, -0.15) is 18.3 Å². The number of aryl methyl sites for hydroxylation is 1. The number of hydrogen-bond acceptors (Lipinski definition) is 5. The summed E-state index contributed by atoms with van der Waals surface area (Å²) < 4.78 is 40.1. The van der Waals surface area contributed by atoms with E-state index in [4.69, 9.17) is 16.7 Å². The molecule has 1 aliphatic rings. The molecule has 0 bridgehead atoms. The summed E-state index contributed by atoms with van der Waals surface area (Å²) in [6.07, 6.45) is -1.76. The number of benzene rings is 2. The van der Waals surface area contributed by atoms with Gasteiger partial charge in [0.2, 0.25) is 0 Å². The molecule has 0 radical (unpaired) electrons. The zero-order chi connectivity index (χ0) is 27.0. The number of nitrogens with zero attached hydrogens (tertiary/aromatic N) is 3. The lowest BCUT2D eigenvalue weighted by atomic mass is 10.0. The van der Waals surface area contributed by atoms with Gasteiger partial charge in [0.25, 0.3) is 5.91 Å². The van der Waals surface area contributed by atoms with Crippen molar-refractivity contribution in [2.75, 3.05) is 11.9 Å². The number of carbonyl (C=O) groups excluding carboxylic acids is 1. The van der Waals surface area contributed by atoms with Gasteiger partial charge in [-0.25, -0.2) is 9.50 Å². The SMILES string of the molecule is Cc1cc(-c2cnc3c(NCCC(F)(F)F)cc(-c4ccc(Cl)cc4CO)nn23)ccc1C(=O)NC1CC1. The fourth-order valence-electron chi connectivity index (χ4n) is 4.28. The van der Waals surface area contributed by atoms with Gasteiger partial charge in [-0.1, -0.05) is 23.7 Å². The number of aromatic nitrogens is 3. The van der Waals surface area contributed by atoms with E-state index in [1.807, 2.05) is 13.0 Å². The number of hydrogen-bond donors (Lipinski definition) is 3. The van der Waals surface area contributed by atoms with Crippen LogP contribution in [0.2, 0.25) is 5.02 Å². The third-order valence-corrected chi connectivity index (χ3v) is 6.62. The smallest absolute Gasteiger partial charge is 0.390 e. The lowest BCUT2D eigenvalue weighted by molar-refractivity contribution is -0.131. The highest BCUT2D eigenvalue weighted by molar-refractivity contribution is 6.30. The topological polar surface area (TPSA) is 91.6 Å². The first-order valence-electron chi connectivity index (χ1n) is 12.1. The summed E-state index contributed by atoms with van der Waals surface area (Å²) in [5, 5.41) is 20.9. The van der Waals surface area contributed by atoms with Crippen molar-refractivity contribution in [1.29, 1.82) is 0 Å². The van der Waals surface area contributed by atoms with Crippen LogP contribution < -0.4 is 10.6 Å². The van der Waals surface area contributed by atoms with E-state index in [0.29, 0.717) is 44.4 Å². The van der Waals surface area contributed by atoms with Crippen LogP contribution in [0.4, 0.5) is 18.9 Å². The van der Waals surface area contributed by atoms with Crippen molar-refractivity contribution in [2.45, 2.75) is 45.0 Å². The Morgan fingerprint density at radius 3 is 2.66 bits per heavy atom. The molecule has 3 N–H and O–H groups in total. The van der Waals surface area contributed by atoms with Crippen LogP contribution >= 0.6 is 11.6 Å². The summed E-state index contributed by atoms with van der Waals surface area (Å²) in [5.74, 6) is -0.120. The van der Waals surface area contributed by atoms with Gasteiger partial charge in [0.05, 0.1) is 36.3 Å². The molecule has 1 fully saturated rings. The van der Waals surface area contributed by atoms with Gasteiger partial charge in [0.1, 0.15) is 0 Å². The van der Waals surface area contributed by atoms with Crippen LogP contribution in [0.25, 0.3) is 28.2 Å². The molecule has 1 amide bonds.